The van der Waals surface area contributed by atoms with Crippen LogP contribution < -0.4 is 9.64 Å². The van der Waals surface area contributed by atoms with Gasteiger partial charge in [-0.15, -0.1) is 0 Å². The van der Waals surface area contributed by atoms with Crippen LogP contribution in [-0.4, -0.2) is 33.7 Å². The average molecular weight is 432 g/mol. The fourth-order valence-electron chi connectivity index (χ4n) is 4.27. The summed E-state index contributed by atoms with van der Waals surface area (Å²) in [5.74, 6) is 2.65. The van der Waals surface area contributed by atoms with E-state index in [0.29, 0.717) is 6.54 Å². The van der Waals surface area contributed by atoms with Crippen molar-refractivity contribution in [3.63, 3.8) is 0 Å². The topological polar surface area (TPSA) is 35.7 Å². The van der Waals surface area contributed by atoms with E-state index in [2.05, 4.69) is 40.7 Å². The second-order valence-corrected chi connectivity index (χ2v) is 9.06. The number of anilines is 1. The Balaban J connectivity index is 1.44. The zero-order valence-electron chi connectivity index (χ0n) is 17.7. The van der Waals surface area contributed by atoms with Crippen LogP contribution in [0.2, 0.25) is 0 Å². The third-order valence-corrected chi connectivity index (χ3v) is 7.19. The van der Waals surface area contributed by atoms with Crippen LogP contribution in [0.3, 0.4) is 0 Å². The molecule has 158 valence electrons. The molecule has 0 unspecified atom stereocenters. The van der Waals surface area contributed by atoms with Gasteiger partial charge in [0.05, 0.1) is 6.54 Å². The van der Waals surface area contributed by atoms with Crippen LogP contribution in [0.4, 0.5) is 5.69 Å². The number of ether oxygens (including phenoxy) is 1. The number of para-hydroxylation sites is 1. The minimum atomic E-state index is -1.06. The number of thioether (sulfide) groups is 1. The number of nitrogens with zero attached hydrogens (tertiary/aromatic N) is 2. The Morgan fingerprint density at radius 3 is 2.39 bits per heavy atom. The summed E-state index contributed by atoms with van der Waals surface area (Å²) in [6.07, 6.45) is 2.09. The molecule has 2 aliphatic heterocycles. The van der Waals surface area contributed by atoms with Crippen molar-refractivity contribution < 1.29 is 14.4 Å². The quantitative estimate of drug-likeness (QED) is 0.563. The van der Waals surface area contributed by atoms with Crippen LogP contribution in [0.15, 0.2) is 78.9 Å². The molecule has 0 aromatic heterocycles. The molecule has 0 aliphatic carbocycles. The van der Waals surface area contributed by atoms with Crippen molar-refractivity contribution in [1.82, 2.24) is 0 Å². The standard InChI is InChI=1S/C26H27N2O2S/c1-2-20-9-13-22(14-10-20)27-19-26(29,28-17-6-18-31-25(27)28)21-11-15-24(16-12-21)30-23-7-4-3-5-8-23/h3-5,7-16,29H,2,6,17-19H2,1H3/q+1/t26-/m1/s1. The summed E-state index contributed by atoms with van der Waals surface area (Å²) in [6, 6.07) is 26.3. The van der Waals surface area contributed by atoms with Crippen LogP contribution in [-0.2, 0) is 12.1 Å². The number of hydrogen-bond acceptors (Lipinski definition) is 4. The minimum absolute atomic E-state index is 0.514. The first-order chi connectivity index (χ1) is 15.2. The van der Waals surface area contributed by atoms with Crippen molar-refractivity contribution in [2.24, 2.45) is 0 Å². The molecule has 5 heteroatoms. The van der Waals surface area contributed by atoms with E-state index >= 15 is 0 Å². The first-order valence-electron chi connectivity index (χ1n) is 10.9. The van der Waals surface area contributed by atoms with Crippen molar-refractivity contribution in [2.75, 3.05) is 23.7 Å². The molecule has 31 heavy (non-hydrogen) atoms. The molecule has 5 rings (SSSR count). The second kappa shape index (κ2) is 8.40. The summed E-state index contributed by atoms with van der Waals surface area (Å²) in [5, 5.41) is 13.0. The van der Waals surface area contributed by atoms with E-state index in [1.165, 1.54) is 5.56 Å². The number of benzene rings is 3. The highest BCUT2D eigenvalue weighted by Gasteiger charge is 2.53. The average Bonchev–Trinajstić information content (AvgIpc) is 3.14. The zero-order chi connectivity index (χ0) is 21.3. The lowest BCUT2D eigenvalue weighted by atomic mass is 10.0. The van der Waals surface area contributed by atoms with Gasteiger partial charge in [-0.2, -0.15) is 0 Å². The second-order valence-electron chi connectivity index (χ2n) is 8.00. The van der Waals surface area contributed by atoms with Crippen LogP contribution in [0.5, 0.6) is 11.5 Å². The van der Waals surface area contributed by atoms with Crippen molar-refractivity contribution >= 4 is 22.6 Å². The van der Waals surface area contributed by atoms with Crippen LogP contribution in [0.25, 0.3) is 0 Å². The fraction of sp³-hybridized carbons (Fsp3) is 0.269. The molecule has 2 aliphatic rings. The molecular formula is C26H27N2O2S+. The predicted molar refractivity (Wildman–Crippen MR) is 127 cm³/mol. The monoisotopic (exact) mass is 431 g/mol. The van der Waals surface area contributed by atoms with E-state index in [1.807, 2.05) is 66.4 Å². The summed E-state index contributed by atoms with van der Waals surface area (Å²) >= 11 is 1.83. The molecule has 4 nitrogen and oxygen atoms in total. The largest absolute Gasteiger partial charge is 0.457 e. The molecule has 0 saturated carbocycles. The van der Waals surface area contributed by atoms with Gasteiger partial charge in [0.2, 0.25) is 0 Å². The van der Waals surface area contributed by atoms with Crippen molar-refractivity contribution in [1.29, 1.82) is 0 Å². The highest BCUT2D eigenvalue weighted by Crippen LogP contribution is 2.38. The summed E-state index contributed by atoms with van der Waals surface area (Å²) in [7, 11) is 0. The van der Waals surface area contributed by atoms with E-state index in [1.54, 1.807) is 0 Å². The molecule has 3 aromatic carbocycles. The van der Waals surface area contributed by atoms with Crippen molar-refractivity contribution in [3.05, 3.63) is 90.0 Å². The van der Waals surface area contributed by atoms with E-state index in [4.69, 9.17) is 4.74 Å². The highest BCUT2D eigenvalue weighted by molar-refractivity contribution is 8.13. The molecule has 3 aromatic rings. The molecule has 1 N–H and O–H groups in total. The van der Waals surface area contributed by atoms with Crippen LogP contribution >= 0.6 is 11.8 Å². The Morgan fingerprint density at radius 1 is 0.968 bits per heavy atom. The molecule has 0 amide bonds. The summed E-state index contributed by atoms with van der Waals surface area (Å²) in [6.45, 7) is 3.53. The van der Waals surface area contributed by atoms with Gasteiger partial charge in [-0.05, 0) is 78.7 Å². The predicted octanol–water partition coefficient (Wildman–Crippen LogP) is 5.21. The Morgan fingerprint density at radius 2 is 1.68 bits per heavy atom. The van der Waals surface area contributed by atoms with Gasteiger partial charge < -0.3 is 9.84 Å². The third-order valence-electron chi connectivity index (χ3n) is 6.00. The maximum Gasteiger partial charge on any atom is 0.316 e. The number of aliphatic hydroxyl groups is 1. The Kier molecular flexibility index (Phi) is 5.47. The lowest BCUT2D eigenvalue weighted by Gasteiger charge is -2.24. The maximum absolute atomic E-state index is 11.9. The summed E-state index contributed by atoms with van der Waals surface area (Å²) < 4.78 is 8.10. The summed E-state index contributed by atoms with van der Waals surface area (Å²) in [4.78, 5) is 2.26. The Hall–Kier alpha value is -2.76. The van der Waals surface area contributed by atoms with E-state index in [0.717, 1.165) is 53.1 Å². The molecule has 0 bridgehead atoms. The number of aryl methyl sites for hydroxylation is 1. The molecule has 1 atom stereocenters. The highest BCUT2D eigenvalue weighted by atomic mass is 32.2. The van der Waals surface area contributed by atoms with E-state index in [-0.39, 0.29) is 0 Å². The van der Waals surface area contributed by atoms with Gasteiger partial charge in [-0.1, -0.05) is 37.3 Å². The zero-order valence-corrected chi connectivity index (χ0v) is 18.5. The van der Waals surface area contributed by atoms with E-state index < -0.39 is 5.72 Å². The molecule has 0 fully saturated rings. The van der Waals surface area contributed by atoms with Gasteiger partial charge in [0, 0.05) is 11.3 Å². The van der Waals surface area contributed by atoms with Gasteiger partial charge in [-0.3, -0.25) is 0 Å². The maximum atomic E-state index is 11.9. The third kappa shape index (κ3) is 3.84. The van der Waals surface area contributed by atoms with Gasteiger partial charge in [0.15, 0.2) is 6.54 Å². The molecular weight excluding hydrogens is 404 g/mol. The molecule has 0 spiro atoms. The van der Waals surface area contributed by atoms with Crippen LogP contribution in [0, 0.1) is 0 Å². The number of hydrogen-bond donors (Lipinski definition) is 1. The molecule has 0 radical (unpaired) electrons. The van der Waals surface area contributed by atoms with Crippen molar-refractivity contribution in [2.45, 2.75) is 25.5 Å². The lowest BCUT2D eigenvalue weighted by Crippen LogP contribution is -2.41. The minimum Gasteiger partial charge on any atom is -0.457 e. The SMILES string of the molecule is CCc1ccc(N2C[C@@](O)(c3ccc(Oc4ccccc4)cc3)[N+]3=C2SCCC3)cc1. The first kappa shape index (κ1) is 20.2. The Labute approximate surface area is 187 Å². The number of rotatable bonds is 5. The first-order valence-corrected chi connectivity index (χ1v) is 11.9. The number of amidine groups is 1. The van der Waals surface area contributed by atoms with Gasteiger partial charge in [0.25, 0.3) is 5.72 Å². The smallest absolute Gasteiger partial charge is 0.316 e. The number of β-amino-alcohol motifs (C(OH)–C–C–N with tert-alkyl or cyclic N) is 1. The van der Waals surface area contributed by atoms with Gasteiger partial charge >= 0.3 is 5.17 Å². The van der Waals surface area contributed by atoms with Crippen molar-refractivity contribution in [3.8, 4) is 11.5 Å². The Bertz CT molecular complexity index is 1080. The van der Waals surface area contributed by atoms with E-state index in [9.17, 15) is 5.11 Å². The van der Waals surface area contributed by atoms with Gasteiger partial charge in [-0.25, -0.2) is 9.48 Å². The summed E-state index contributed by atoms with van der Waals surface area (Å²) in [5.41, 5.74) is 2.29. The normalized spacial score (nSPS) is 20.6. The molecule has 0 saturated heterocycles. The van der Waals surface area contributed by atoms with Crippen LogP contribution in [0.1, 0.15) is 24.5 Å². The van der Waals surface area contributed by atoms with Gasteiger partial charge in [0.1, 0.15) is 17.2 Å². The molecule has 2 heterocycles. The lowest BCUT2D eigenvalue weighted by molar-refractivity contribution is -0.656. The fourth-order valence-corrected chi connectivity index (χ4v) is 5.45.